The number of aliphatic carboxylic acids is 1. The molecule has 2 aliphatic rings. The Hall–Kier alpha value is -1.58. The Morgan fingerprint density at radius 3 is 2.77 bits per heavy atom. The number of fused-ring (bicyclic) bond motifs is 1. The number of carbonyl (C=O) groups excluding carboxylic acids is 2. The number of nitrogens with zero attached hydrogens (tertiary/aromatic N) is 2. The van der Waals surface area contributed by atoms with Crippen LogP contribution in [0.25, 0.3) is 0 Å². The fourth-order valence-corrected chi connectivity index (χ4v) is 7.17. The van der Waals surface area contributed by atoms with E-state index in [2.05, 4.69) is 4.99 Å². The molecular formula is C16H16ClN2O5S2-. The van der Waals surface area contributed by atoms with Crippen molar-refractivity contribution in [1.29, 1.82) is 0 Å². The molecule has 1 amide bonds. The van der Waals surface area contributed by atoms with Gasteiger partial charge in [0.05, 0.1) is 17.5 Å². The average Bonchev–Trinajstić information content (AvgIpc) is 2.99. The van der Waals surface area contributed by atoms with Gasteiger partial charge in [-0.15, -0.1) is 0 Å². The second-order valence-electron chi connectivity index (χ2n) is 6.21. The fraction of sp³-hybridized carbons (Fsp3) is 0.438. The number of thioether (sulfide) groups is 1. The molecule has 10 heteroatoms. The Morgan fingerprint density at radius 1 is 1.35 bits per heavy atom. The molecule has 26 heavy (non-hydrogen) atoms. The topological polar surface area (TPSA) is 107 Å². The van der Waals surface area contributed by atoms with Crippen molar-refractivity contribution in [3.63, 3.8) is 0 Å². The summed E-state index contributed by atoms with van der Waals surface area (Å²) in [6, 6.07) is 4.95. The van der Waals surface area contributed by atoms with Crippen molar-refractivity contribution in [2.75, 3.05) is 16.4 Å². The summed E-state index contributed by atoms with van der Waals surface area (Å²) < 4.78 is 24.1. The summed E-state index contributed by atoms with van der Waals surface area (Å²) in [5.41, 5.74) is 1.45. The highest BCUT2D eigenvalue weighted by molar-refractivity contribution is 8.16. The van der Waals surface area contributed by atoms with Gasteiger partial charge in [-0.05, 0) is 31.0 Å². The minimum Gasteiger partial charge on any atom is -0.550 e. The third-order valence-electron chi connectivity index (χ3n) is 4.33. The van der Waals surface area contributed by atoms with E-state index in [1.807, 2.05) is 6.92 Å². The number of benzene rings is 1. The number of carbonyl (C=O) groups is 2. The van der Waals surface area contributed by atoms with Gasteiger partial charge in [0.2, 0.25) is 5.91 Å². The highest BCUT2D eigenvalue weighted by Gasteiger charge is 2.49. The Morgan fingerprint density at radius 2 is 2.08 bits per heavy atom. The maximum Gasteiger partial charge on any atom is 0.248 e. The first kappa shape index (κ1) is 19.2. The molecule has 0 spiro atoms. The molecule has 0 bridgehead atoms. The van der Waals surface area contributed by atoms with E-state index in [1.165, 1.54) is 11.8 Å². The number of hydrogen-bond donors (Lipinski definition) is 0. The summed E-state index contributed by atoms with van der Waals surface area (Å²) in [5, 5.41) is 11.2. The molecule has 2 heterocycles. The molecule has 1 aromatic carbocycles. The Kier molecular flexibility index (Phi) is 5.32. The summed E-state index contributed by atoms with van der Waals surface area (Å²) in [6.45, 7) is 1.81. The summed E-state index contributed by atoms with van der Waals surface area (Å²) in [7, 11) is -3.16. The predicted octanol–water partition coefficient (Wildman–Crippen LogP) is 0.780. The van der Waals surface area contributed by atoms with Crippen LogP contribution in [0.3, 0.4) is 0 Å². The molecule has 2 fully saturated rings. The molecule has 0 radical (unpaired) electrons. The zero-order chi connectivity index (χ0) is 19.1. The highest BCUT2D eigenvalue weighted by atomic mass is 35.5. The number of amidine groups is 1. The van der Waals surface area contributed by atoms with E-state index in [-0.39, 0.29) is 29.2 Å². The molecule has 140 valence electrons. The number of rotatable bonds is 4. The van der Waals surface area contributed by atoms with Crippen molar-refractivity contribution in [3.8, 4) is 0 Å². The van der Waals surface area contributed by atoms with E-state index in [0.717, 1.165) is 5.56 Å². The standard InChI is InChI=1S/C16H17ClN2O5S2/c1-9-10(17)3-2-4-11(9)19-12-7-26(23,24)8-13(12)25-16(19)18-14(20)5-6-15(21)22/h2-4,12-13H,5-8H2,1H3,(H,21,22)/p-1/t12-,13-/m0/s1. The van der Waals surface area contributed by atoms with Gasteiger partial charge in [-0.1, -0.05) is 29.4 Å². The second-order valence-corrected chi connectivity index (χ2v) is 9.98. The lowest BCUT2D eigenvalue weighted by Crippen LogP contribution is -2.38. The van der Waals surface area contributed by atoms with E-state index in [0.29, 0.717) is 15.9 Å². The first-order valence-electron chi connectivity index (χ1n) is 7.91. The lowest BCUT2D eigenvalue weighted by atomic mass is 10.1. The van der Waals surface area contributed by atoms with Gasteiger partial charge in [0, 0.05) is 28.4 Å². The van der Waals surface area contributed by atoms with Crippen LogP contribution in [0.5, 0.6) is 0 Å². The van der Waals surface area contributed by atoms with E-state index in [9.17, 15) is 23.1 Å². The largest absolute Gasteiger partial charge is 0.550 e. The zero-order valence-electron chi connectivity index (χ0n) is 13.8. The monoisotopic (exact) mass is 415 g/mol. The van der Waals surface area contributed by atoms with Gasteiger partial charge >= 0.3 is 0 Å². The van der Waals surface area contributed by atoms with Crippen LogP contribution in [-0.4, -0.2) is 48.3 Å². The van der Waals surface area contributed by atoms with Crippen LogP contribution >= 0.6 is 23.4 Å². The van der Waals surface area contributed by atoms with Gasteiger partial charge in [-0.3, -0.25) is 4.79 Å². The van der Waals surface area contributed by atoms with Crippen molar-refractivity contribution >= 4 is 55.9 Å². The predicted molar refractivity (Wildman–Crippen MR) is 99.2 cm³/mol. The fourth-order valence-electron chi connectivity index (χ4n) is 3.07. The third-order valence-corrected chi connectivity index (χ3v) is 7.95. The van der Waals surface area contributed by atoms with Gasteiger partial charge < -0.3 is 14.8 Å². The number of carboxylic acids is 1. The van der Waals surface area contributed by atoms with Crippen molar-refractivity contribution < 1.29 is 23.1 Å². The van der Waals surface area contributed by atoms with E-state index >= 15 is 0 Å². The molecule has 2 saturated heterocycles. The third kappa shape index (κ3) is 3.89. The number of carboxylic acid groups (broad SMARTS) is 1. The number of sulfone groups is 1. The Balaban J connectivity index is 1.97. The van der Waals surface area contributed by atoms with Crippen LogP contribution in [0.2, 0.25) is 5.02 Å². The second kappa shape index (κ2) is 7.21. The number of aliphatic imine (C=N–C) groups is 1. The molecule has 7 nitrogen and oxygen atoms in total. The van der Waals surface area contributed by atoms with Crippen molar-refractivity contribution in [1.82, 2.24) is 0 Å². The quantitative estimate of drug-likeness (QED) is 0.715. The molecule has 0 saturated carbocycles. The summed E-state index contributed by atoms with van der Waals surface area (Å²) in [4.78, 5) is 28.3. The Labute approximate surface area is 160 Å². The molecule has 2 aliphatic heterocycles. The lowest BCUT2D eigenvalue weighted by Gasteiger charge is -2.26. The summed E-state index contributed by atoms with van der Waals surface area (Å²) in [5.74, 6) is -1.90. The maximum atomic E-state index is 12.0. The van der Waals surface area contributed by atoms with Crippen LogP contribution in [0.4, 0.5) is 5.69 Å². The van der Waals surface area contributed by atoms with Crippen LogP contribution < -0.4 is 10.0 Å². The SMILES string of the molecule is Cc1c(Cl)cccc1N1C(=NC(=O)CCC(=O)[O-])S[C@H]2CS(=O)(=O)C[C@@H]21. The Bertz CT molecular complexity index is 900. The van der Waals surface area contributed by atoms with Gasteiger partial charge in [0.25, 0.3) is 0 Å². The van der Waals surface area contributed by atoms with Crippen molar-refractivity contribution in [3.05, 3.63) is 28.8 Å². The first-order valence-corrected chi connectivity index (χ1v) is 11.0. The average molecular weight is 416 g/mol. The number of halogens is 1. The van der Waals surface area contributed by atoms with Crippen LogP contribution in [-0.2, 0) is 19.4 Å². The van der Waals surface area contributed by atoms with Crippen molar-refractivity contribution in [2.24, 2.45) is 4.99 Å². The van der Waals surface area contributed by atoms with E-state index < -0.39 is 28.1 Å². The smallest absolute Gasteiger partial charge is 0.248 e. The minimum absolute atomic E-state index is 0.0186. The minimum atomic E-state index is -3.16. The van der Waals surface area contributed by atoms with Crippen molar-refractivity contribution in [2.45, 2.75) is 31.1 Å². The number of hydrogen-bond acceptors (Lipinski definition) is 6. The molecule has 0 unspecified atom stereocenters. The number of anilines is 1. The van der Waals surface area contributed by atoms with Gasteiger partial charge in [-0.2, -0.15) is 4.99 Å². The van der Waals surface area contributed by atoms with Crippen LogP contribution in [0.1, 0.15) is 18.4 Å². The molecular weight excluding hydrogens is 400 g/mol. The molecule has 0 aromatic heterocycles. The molecule has 2 atom stereocenters. The molecule has 0 aliphatic carbocycles. The first-order chi connectivity index (χ1) is 12.2. The van der Waals surface area contributed by atoms with E-state index in [4.69, 9.17) is 11.6 Å². The van der Waals surface area contributed by atoms with Crippen LogP contribution in [0.15, 0.2) is 23.2 Å². The van der Waals surface area contributed by atoms with Gasteiger partial charge in [0.1, 0.15) is 0 Å². The maximum absolute atomic E-state index is 12.0. The summed E-state index contributed by atoms with van der Waals surface area (Å²) in [6.07, 6.45) is -0.667. The molecule has 1 aromatic rings. The number of amides is 1. The zero-order valence-corrected chi connectivity index (χ0v) is 16.2. The summed E-state index contributed by atoms with van der Waals surface area (Å²) >= 11 is 7.43. The van der Waals surface area contributed by atoms with Crippen LogP contribution in [0, 0.1) is 6.92 Å². The normalized spacial score (nSPS) is 25.5. The lowest BCUT2D eigenvalue weighted by molar-refractivity contribution is -0.305. The molecule has 0 N–H and O–H groups in total. The van der Waals surface area contributed by atoms with Gasteiger partial charge in [-0.25, -0.2) is 8.42 Å². The van der Waals surface area contributed by atoms with E-state index in [1.54, 1.807) is 23.1 Å². The highest BCUT2D eigenvalue weighted by Crippen LogP contribution is 2.42. The van der Waals surface area contributed by atoms with Gasteiger partial charge in [0.15, 0.2) is 15.0 Å². The molecule has 3 rings (SSSR count).